The van der Waals surface area contributed by atoms with Gasteiger partial charge < -0.3 is 0 Å². The van der Waals surface area contributed by atoms with Crippen LogP contribution in [0.1, 0.15) is 64.1 Å². The van der Waals surface area contributed by atoms with Crippen LogP contribution < -0.4 is 0 Å². The van der Waals surface area contributed by atoms with Crippen LogP contribution in [-0.2, 0) is 10.8 Å². The van der Waals surface area contributed by atoms with Crippen LogP contribution in [0.4, 0.5) is 0 Å². The summed E-state index contributed by atoms with van der Waals surface area (Å²) in [4.78, 5) is 10.2. The Labute approximate surface area is 161 Å². The van der Waals surface area contributed by atoms with E-state index in [-0.39, 0.29) is 10.8 Å². The van der Waals surface area contributed by atoms with Crippen molar-refractivity contribution in [1.29, 1.82) is 0 Å². The predicted molar refractivity (Wildman–Crippen MR) is 115 cm³/mol. The zero-order chi connectivity index (χ0) is 19.7. The van der Waals surface area contributed by atoms with Gasteiger partial charge in [0.05, 0.1) is 16.6 Å². The van der Waals surface area contributed by atoms with E-state index in [0.29, 0.717) is 0 Å². The summed E-state index contributed by atoms with van der Waals surface area (Å²) < 4.78 is 2.26. The van der Waals surface area contributed by atoms with Gasteiger partial charge in [-0.05, 0) is 60.2 Å². The van der Waals surface area contributed by atoms with Crippen LogP contribution in [-0.4, -0.2) is 14.4 Å². The zero-order valence-electron chi connectivity index (χ0n) is 17.7. The lowest BCUT2D eigenvalue weighted by molar-refractivity contribution is 0.542. The van der Waals surface area contributed by atoms with Gasteiger partial charge in [0, 0.05) is 10.8 Å². The molecule has 0 amide bonds. The number of benzene rings is 2. The van der Waals surface area contributed by atoms with Crippen LogP contribution in [0.15, 0.2) is 30.3 Å². The van der Waals surface area contributed by atoms with Crippen molar-refractivity contribution in [3.63, 3.8) is 0 Å². The number of imidazole rings is 1. The average molecular weight is 360 g/mol. The summed E-state index contributed by atoms with van der Waals surface area (Å²) in [5.41, 5.74) is 8.09. The maximum atomic E-state index is 5.15. The van der Waals surface area contributed by atoms with E-state index in [1.54, 1.807) is 0 Å². The topological polar surface area (TPSA) is 30.2 Å². The van der Waals surface area contributed by atoms with E-state index >= 15 is 0 Å². The highest BCUT2D eigenvalue weighted by Gasteiger charge is 2.24. The molecule has 0 saturated carbocycles. The molecule has 2 aromatic heterocycles. The Morgan fingerprint density at radius 2 is 1.41 bits per heavy atom. The van der Waals surface area contributed by atoms with Crippen molar-refractivity contribution >= 4 is 27.6 Å². The number of rotatable bonds is 0. The SMILES string of the molecule is Cc1cc2nc3c4ccc(C(C)(C)C)cc4nc(C(C)(C)C)n3c2cc1C. The lowest BCUT2D eigenvalue weighted by atomic mass is 9.86. The largest absolute Gasteiger partial charge is 0.279 e. The number of nitrogens with zero attached hydrogens (tertiary/aromatic N) is 3. The second-order valence-corrected chi connectivity index (χ2v) is 9.86. The van der Waals surface area contributed by atoms with Gasteiger partial charge in [0.1, 0.15) is 11.5 Å². The number of hydrogen-bond donors (Lipinski definition) is 0. The van der Waals surface area contributed by atoms with Crippen LogP contribution in [0, 0.1) is 13.8 Å². The highest BCUT2D eigenvalue weighted by atomic mass is 15.1. The van der Waals surface area contributed by atoms with E-state index in [4.69, 9.17) is 9.97 Å². The minimum atomic E-state index is -0.0867. The van der Waals surface area contributed by atoms with Crippen molar-refractivity contribution in [3.05, 3.63) is 52.8 Å². The summed E-state index contributed by atoms with van der Waals surface area (Å²) in [6.45, 7) is 17.7. The van der Waals surface area contributed by atoms with Crippen molar-refractivity contribution in [2.45, 2.75) is 66.2 Å². The molecule has 27 heavy (non-hydrogen) atoms. The Morgan fingerprint density at radius 1 is 0.741 bits per heavy atom. The van der Waals surface area contributed by atoms with Gasteiger partial charge in [0.2, 0.25) is 0 Å². The maximum Gasteiger partial charge on any atom is 0.148 e. The lowest BCUT2D eigenvalue weighted by Gasteiger charge is -2.23. The first kappa shape index (κ1) is 18.0. The molecule has 0 aliphatic carbocycles. The molecule has 0 radical (unpaired) electrons. The first-order valence-electron chi connectivity index (χ1n) is 9.71. The van der Waals surface area contributed by atoms with Crippen LogP contribution >= 0.6 is 0 Å². The fraction of sp³-hybridized carbons (Fsp3) is 0.417. The lowest BCUT2D eigenvalue weighted by Crippen LogP contribution is -2.19. The first-order valence-corrected chi connectivity index (χ1v) is 9.71. The molecule has 0 aliphatic heterocycles. The molecule has 2 aromatic carbocycles. The number of aromatic nitrogens is 3. The number of hydrogen-bond acceptors (Lipinski definition) is 2. The summed E-state index contributed by atoms with van der Waals surface area (Å²) in [6.07, 6.45) is 0. The number of aryl methyl sites for hydroxylation is 2. The molecule has 0 unspecified atom stereocenters. The Kier molecular flexibility index (Phi) is 3.69. The van der Waals surface area contributed by atoms with Gasteiger partial charge in [-0.2, -0.15) is 0 Å². The Bertz CT molecular complexity index is 1200. The van der Waals surface area contributed by atoms with Gasteiger partial charge in [0.25, 0.3) is 0 Å². The van der Waals surface area contributed by atoms with Crippen molar-refractivity contribution in [1.82, 2.24) is 14.4 Å². The third-order valence-corrected chi connectivity index (χ3v) is 5.48. The molecule has 0 N–H and O–H groups in total. The summed E-state index contributed by atoms with van der Waals surface area (Å²) in [5, 5.41) is 1.11. The molecule has 4 aromatic rings. The first-order chi connectivity index (χ1) is 12.5. The molecule has 4 rings (SSSR count). The normalized spacial score (nSPS) is 13.2. The molecular formula is C24H29N3. The van der Waals surface area contributed by atoms with E-state index in [9.17, 15) is 0 Å². The van der Waals surface area contributed by atoms with E-state index in [1.807, 2.05) is 0 Å². The average Bonchev–Trinajstić information content (AvgIpc) is 2.90. The summed E-state index contributed by atoms with van der Waals surface area (Å²) in [6, 6.07) is 11.1. The second kappa shape index (κ2) is 5.54. The molecular weight excluding hydrogens is 330 g/mol. The van der Waals surface area contributed by atoms with E-state index < -0.39 is 0 Å². The quantitative estimate of drug-likeness (QED) is 0.371. The van der Waals surface area contributed by atoms with E-state index in [0.717, 1.165) is 33.4 Å². The Hall–Kier alpha value is -2.42. The van der Waals surface area contributed by atoms with Gasteiger partial charge in [0.15, 0.2) is 0 Å². The zero-order valence-corrected chi connectivity index (χ0v) is 17.7. The van der Waals surface area contributed by atoms with Crippen LogP contribution in [0.25, 0.3) is 27.6 Å². The van der Waals surface area contributed by atoms with Gasteiger partial charge in [-0.15, -0.1) is 0 Å². The summed E-state index contributed by atoms with van der Waals surface area (Å²) >= 11 is 0. The van der Waals surface area contributed by atoms with Gasteiger partial charge >= 0.3 is 0 Å². The van der Waals surface area contributed by atoms with Gasteiger partial charge in [-0.25, -0.2) is 9.97 Å². The van der Waals surface area contributed by atoms with Crippen molar-refractivity contribution in [3.8, 4) is 0 Å². The minimum Gasteiger partial charge on any atom is -0.279 e. The molecule has 0 spiro atoms. The van der Waals surface area contributed by atoms with Crippen LogP contribution in [0.3, 0.4) is 0 Å². The van der Waals surface area contributed by atoms with Crippen molar-refractivity contribution < 1.29 is 0 Å². The third kappa shape index (κ3) is 2.80. The molecule has 0 aliphatic rings. The molecule has 0 fully saturated rings. The van der Waals surface area contributed by atoms with Crippen molar-refractivity contribution in [2.24, 2.45) is 0 Å². The summed E-state index contributed by atoms with van der Waals surface area (Å²) in [7, 11) is 0. The number of fused-ring (bicyclic) bond motifs is 5. The van der Waals surface area contributed by atoms with E-state index in [2.05, 4.69) is 90.1 Å². The highest BCUT2D eigenvalue weighted by Crippen LogP contribution is 2.33. The molecule has 3 heteroatoms. The maximum absolute atomic E-state index is 5.15. The monoisotopic (exact) mass is 359 g/mol. The second-order valence-electron chi connectivity index (χ2n) is 9.86. The molecule has 3 nitrogen and oxygen atoms in total. The Balaban J connectivity index is 2.22. The fourth-order valence-corrected chi connectivity index (χ4v) is 3.67. The van der Waals surface area contributed by atoms with Gasteiger partial charge in [-0.1, -0.05) is 47.6 Å². The van der Waals surface area contributed by atoms with Crippen LogP contribution in [0.2, 0.25) is 0 Å². The van der Waals surface area contributed by atoms with Crippen LogP contribution in [0.5, 0.6) is 0 Å². The molecule has 140 valence electrons. The Morgan fingerprint density at radius 3 is 2.04 bits per heavy atom. The molecule has 0 bridgehead atoms. The highest BCUT2D eigenvalue weighted by molar-refractivity contribution is 5.97. The van der Waals surface area contributed by atoms with Crippen molar-refractivity contribution in [2.75, 3.05) is 0 Å². The summed E-state index contributed by atoms with van der Waals surface area (Å²) in [5.74, 6) is 1.06. The minimum absolute atomic E-state index is 0.0867. The van der Waals surface area contributed by atoms with Gasteiger partial charge in [-0.3, -0.25) is 4.40 Å². The molecule has 0 atom stereocenters. The predicted octanol–water partition coefficient (Wildman–Crippen LogP) is 6.25. The standard InChI is InChI=1S/C24H29N3/c1-14-11-19-20(12-15(14)2)27-21(25-19)17-10-9-16(23(3,4)5)13-18(17)26-22(27)24(6,7)8/h9-13H,1-8H3. The molecule has 2 heterocycles. The van der Waals surface area contributed by atoms with E-state index in [1.165, 1.54) is 16.7 Å². The molecule has 0 saturated heterocycles. The fourth-order valence-electron chi connectivity index (χ4n) is 3.67. The third-order valence-electron chi connectivity index (χ3n) is 5.48. The smallest absolute Gasteiger partial charge is 0.148 e.